The zero-order valence-corrected chi connectivity index (χ0v) is 12.7. The molecular weight excluding hydrogens is 278 g/mol. The molecule has 1 fully saturated rings. The molecule has 1 aliphatic heterocycles. The van der Waals surface area contributed by atoms with E-state index in [0.717, 1.165) is 25.9 Å². The van der Waals surface area contributed by atoms with Crippen molar-refractivity contribution in [3.63, 3.8) is 0 Å². The second-order valence-corrected chi connectivity index (χ2v) is 6.69. The highest BCUT2D eigenvalue weighted by Gasteiger charge is 2.23. The molecule has 0 saturated carbocycles. The molecule has 2 heterocycles. The molecule has 7 nitrogen and oxygen atoms in total. The fourth-order valence-corrected chi connectivity index (χ4v) is 3.31. The summed E-state index contributed by atoms with van der Waals surface area (Å²) in [6, 6.07) is -0.00959. The number of hydrogen-bond acceptors (Lipinski definition) is 6. The molecule has 0 amide bonds. The highest BCUT2D eigenvalue weighted by Crippen LogP contribution is 2.13. The number of nitrogens with one attached hydrogen (secondary N) is 2. The molecule has 0 radical (unpaired) electrons. The Morgan fingerprint density at radius 1 is 1.30 bits per heavy atom. The van der Waals surface area contributed by atoms with E-state index in [1.165, 1.54) is 12.4 Å². The summed E-state index contributed by atoms with van der Waals surface area (Å²) in [5.74, 6) is 0.436. The number of rotatable bonds is 5. The molecule has 8 heteroatoms. The molecule has 1 aromatic heterocycles. The Balaban J connectivity index is 2.02. The van der Waals surface area contributed by atoms with Crippen LogP contribution in [0.25, 0.3) is 0 Å². The lowest BCUT2D eigenvalue weighted by Crippen LogP contribution is -2.43. The topological polar surface area (TPSA) is 87.2 Å². The lowest BCUT2D eigenvalue weighted by molar-refractivity contribution is 0.248. The Morgan fingerprint density at radius 2 is 1.90 bits per heavy atom. The number of nitrogens with zero attached hydrogens (tertiary/aromatic N) is 3. The van der Waals surface area contributed by atoms with E-state index in [2.05, 4.69) is 24.9 Å². The van der Waals surface area contributed by atoms with Gasteiger partial charge in [0.1, 0.15) is 4.90 Å². The van der Waals surface area contributed by atoms with Crippen molar-refractivity contribution in [1.29, 1.82) is 0 Å². The molecule has 0 aliphatic carbocycles. The monoisotopic (exact) mass is 299 g/mol. The maximum Gasteiger partial charge on any atom is 0.243 e. The Labute approximate surface area is 119 Å². The fourth-order valence-electron chi connectivity index (χ4n) is 2.12. The van der Waals surface area contributed by atoms with Gasteiger partial charge in [-0.15, -0.1) is 0 Å². The lowest BCUT2D eigenvalue weighted by atomic mass is 10.1. The highest BCUT2D eigenvalue weighted by molar-refractivity contribution is 7.89. The summed E-state index contributed by atoms with van der Waals surface area (Å²) < 4.78 is 27.2. The van der Waals surface area contributed by atoms with Crippen LogP contribution in [-0.4, -0.2) is 56.0 Å². The fraction of sp³-hybridized carbons (Fsp3) is 0.667. The number of aromatic nitrogens is 2. The number of piperidine rings is 1. The van der Waals surface area contributed by atoms with Crippen molar-refractivity contribution in [2.75, 3.05) is 32.0 Å². The van der Waals surface area contributed by atoms with Crippen LogP contribution in [0.5, 0.6) is 0 Å². The van der Waals surface area contributed by atoms with E-state index in [-0.39, 0.29) is 10.9 Å². The lowest BCUT2D eigenvalue weighted by Gasteiger charge is -2.29. The van der Waals surface area contributed by atoms with E-state index in [1.54, 1.807) is 0 Å². The minimum atomic E-state index is -3.53. The van der Waals surface area contributed by atoms with Gasteiger partial charge in [-0.05, 0) is 39.9 Å². The van der Waals surface area contributed by atoms with Gasteiger partial charge in [-0.2, -0.15) is 0 Å². The number of likely N-dealkylation sites (tertiary alicyclic amines) is 1. The quantitative estimate of drug-likeness (QED) is 0.812. The molecule has 0 spiro atoms. The van der Waals surface area contributed by atoms with Gasteiger partial charge in [-0.1, -0.05) is 0 Å². The van der Waals surface area contributed by atoms with Crippen LogP contribution in [0, 0.1) is 0 Å². The standard InChI is InChI=1S/C12H21N5O2S/c1-3-13-12-14-8-11(9-15-12)20(18,19)16-10-4-6-17(2)7-5-10/h8-10,16H,3-7H2,1-2H3,(H,13,14,15). The summed E-state index contributed by atoms with van der Waals surface area (Å²) in [5.41, 5.74) is 0. The van der Waals surface area contributed by atoms with Crippen molar-refractivity contribution >= 4 is 16.0 Å². The van der Waals surface area contributed by atoms with Crippen LogP contribution < -0.4 is 10.0 Å². The maximum atomic E-state index is 12.2. The highest BCUT2D eigenvalue weighted by atomic mass is 32.2. The molecule has 0 unspecified atom stereocenters. The Kier molecular flexibility index (Phi) is 4.90. The van der Waals surface area contributed by atoms with Gasteiger partial charge in [0.15, 0.2) is 0 Å². The molecule has 1 saturated heterocycles. The van der Waals surface area contributed by atoms with Gasteiger partial charge in [-0.25, -0.2) is 23.1 Å². The number of sulfonamides is 1. The molecule has 112 valence electrons. The van der Waals surface area contributed by atoms with Crippen LogP contribution in [0.3, 0.4) is 0 Å². The molecule has 0 bridgehead atoms. The van der Waals surface area contributed by atoms with Crippen LogP contribution in [-0.2, 0) is 10.0 Å². The van der Waals surface area contributed by atoms with E-state index < -0.39 is 10.0 Å². The van der Waals surface area contributed by atoms with Crippen molar-refractivity contribution in [2.24, 2.45) is 0 Å². The molecular formula is C12H21N5O2S. The summed E-state index contributed by atoms with van der Waals surface area (Å²) in [6.45, 7) is 4.43. The van der Waals surface area contributed by atoms with Gasteiger partial charge in [0.25, 0.3) is 0 Å². The number of anilines is 1. The predicted molar refractivity (Wildman–Crippen MR) is 77.0 cm³/mol. The van der Waals surface area contributed by atoms with Crippen molar-refractivity contribution in [1.82, 2.24) is 19.6 Å². The molecule has 0 aromatic carbocycles. The molecule has 2 rings (SSSR count). The first kappa shape index (κ1) is 15.1. The first-order valence-electron chi connectivity index (χ1n) is 6.78. The van der Waals surface area contributed by atoms with Crippen molar-refractivity contribution in [2.45, 2.75) is 30.7 Å². The summed E-state index contributed by atoms with van der Waals surface area (Å²) >= 11 is 0. The summed E-state index contributed by atoms with van der Waals surface area (Å²) in [5, 5.41) is 2.93. The average molecular weight is 299 g/mol. The maximum absolute atomic E-state index is 12.2. The van der Waals surface area contributed by atoms with Gasteiger partial charge >= 0.3 is 0 Å². The van der Waals surface area contributed by atoms with Gasteiger partial charge in [0, 0.05) is 12.6 Å². The Morgan fingerprint density at radius 3 is 2.45 bits per heavy atom. The minimum absolute atomic E-state index is 0.00959. The van der Waals surface area contributed by atoms with Crippen LogP contribution in [0.2, 0.25) is 0 Å². The first-order chi connectivity index (χ1) is 9.51. The second-order valence-electron chi connectivity index (χ2n) is 4.97. The molecule has 0 atom stereocenters. The van der Waals surface area contributed by atoms with E-state index in [4.69, 9.17) is 0 Å². The molecule has 2 N–H and O–H groups in total. The molecule has 1 aliphatic rings. The zero-order valence-electron chi connectivity index (χ0n) is 11.8. The smallest absolute Gasteiger partial charge is 0.243 e. The van der Waals surface area contributed by atoms with Crippen LogP contribution >= 0.6 is 0 Å². The van der Waals surface area contributed by atoms with E-state index in [9.17, 15) is 8.42 Å². The van der Waals surface area contributed by atoms with E-state index >= 15 is 0 Å². The Hall–Kier alpha value is -1.25. The third-order valence-electron chi connectivity index (χ3n) is 3.31. The molecule has 20 heavy (non-hydrogen) atoms. The first-order valence-corrected chi connectivity index (χ1v) is 8.26. The summed E-state index contributed by atoms with van der Waals surface area (Å²) in [4.78, 5) is 10.3. The Bertz CT molecular complexity index is 523. The van der Waals surface area contributed by atoms with Gasteiger partial charge < -0.3 is 10.2 Å². The molecule has 1 aromatic rings. The largest absolute Gasteiger partial charge is 0.355 e. The number of hydrogen-bond donors (Lipinski definition) is 2. The summed E-state index contributed by atoms with van der Waals surface area (Å²) in [7, 11) is -1.49. The van der Waals surface area contributed by atoms with Gasteiger partial charge in [0.2, 0.25) is 16.0 Å². The third-order valence-corrected chi connectivity index (χ3v) is 4.79. The van der Waals surface area contributed by atoms with E-state index in [1.807, 2.05) is 14.0 Å². The van der Waals surface area contributed by atoms with Crippen molar-refractivity contribution < 1.29 is 8.42 Å². The van der Waals surface area contributed by atoms with Gasteiger partial charge in [-0.3, -0.25) is 0 Å². The predicted octanol–water partition coefficient (Wildman–Crippen LogP) is 0.281. The second kappa shape index (κ2) is 6.47. The van der Waals surface area contributed by atoms with Crippen molar-refractivity contribution in [3.8, 4) is 0 Å². The summed E-state index contributed by atoms with van der Waals surface area (Å²) in [6.07, 6.45) is 4.32. The van der Waals surface area contributed by atoms with Crippen LogP contribution in [0.15, 0.2) is 17.3 Å². The minimum Gasteiger partial charge on any atom is -0.355 e. The van der Waals surface area contributed by atoms with E-state index in [0.29, 0.717) is 12.5 Å². The SMILES string of the molecule is CCNc1ncc(S(=O)(=O)NC2CCN(C)CC2)cn1. The zero-order chi connectivity index (χ0) is 14.6. The van der Waals surface area contributed by atoms with Crippen molar-refractivity contribution in [3.05, 3.63) is 12.4 Å². The van der Waals surface area contributed by atoms with Crippen LogP contribution in [0.4, 0.5) is 5.95 Å². The van der Waals surface area contributed by atoms with Crippen LogP contribution in [0.1, 0.15) is 19.8 Å². The average Bonchev–Trinajstić information content (AvgIpc) is 2.42. The third kappa shape index (κ3) is 3.87. The van der Waals surface area contributed by atoms with Gasteiger partial charge in [0.05, 0.1) is 12.4 Å². The normalized spacial score (nSPS) is 18.1.